The van der Waals surface area contributed by atoms with Crippen LogP contribution in [-0.2, 0) is 18.1 Å². The molecule has 0 spiro atoms. The number of nitrogens with zero attached hydrogens (tertiary/aromatic N) is 4. The largest absolute Gasteiger partial charge is 0.437 e. The van der Waals surface area contributed by atoms with Crippen molar-refractivity contribution >= 4 is 22.8 Å². The third-order valence-electron chi connectivity index (χ3n) is 5.09. The fourth-order valence-electron chi connectivity index (χ4n) is 3.37. The maximum Gasteiger partial charge on any atom is 0.416 e. The fourth-order valence-corrected chi connectivity index (χ4v) is 3.37. The molecule has 10 heteroatoms. The molecule has 0 saturated carbocycles. The summed E-state index contributed by atoms with van der Waals surface area (Å²) in [5.41, 5.74) is 8.11. The minimum atomic E-state index is -4.50. The van der Waals surface area contributed by atoms with Gasteiger partial charge in [-0.05, 0) is 61.0 Å². The Bertz CT molecular complexity index is 1410. The number of oxime groups is 1. The second kappa shape index (κ2) is 9.88. The summed E-state index contributed by atoms with van der Waals surface area (Å²) in [4.78, 5) is 5.29. The van der Waals surface area contributed by atoms with Crippen molar-refractivity contribution in [2.45, 2.75) is 13.1 Å². The van der Waals surface area contributed by atoms with E-state index in [1.165, 1.54) is 12.1 Å². The highest BCUT2D eigenvalue weighted by Gasteiger charge is 2.30. The van der Waals surface area contributed by atoms with Crippen LogP contribution in [0.1, 0.15) is 22.4 Å². The van der Waals surface area contributed by atoms with Crippen LogP contribution in [0.25, 0.3) is 17.0 Å². The molecule has 0 fully saturated rings. The summed E-state index contributed by atoms with van der Waals surface area (Å²) in [6.45, 7) is 1.83. The number of halogens is 3. The van der Waals surface area contributed by atoms with Crippen molar-refractivity contribution in [2.75, 3.05) is 6.61 Å². The van der Waals surface area contributed by atoms with Crippen molar-refractivity contribution in [1.29, 1.82) is 0 Å². The number of fused-ring (bicyclic) bond motifs is 1. The van der Waals surface area contributed by atoms with E-state index in [0.29, 0.717) is 5.69 Å². The van der Waals surface area contributed by atoms with Crippen LogP contribution in [0.4, 0.5) is 13.2 Å². The Labute approximate surface area is 199 Å². The molecule has 7 nitrogen and oxygen atoms in total. The Hall–Kier alpha value is -4.34. The highest BCUT2D eigenvalue weighted by Crippen LogP contribution is 2.33. The molecule has 0 unspecified atom stereocenters. The molecule has 0 aliphatic heterocycles. The van der Waals surface area contributed by atoms with Gasteiger partial charge in [0.2, 0.25) is 5.88 Å². The molecular weight excluding hydrogens is 459 g/mol. The molecule has 0 aliphatic carbocycles. The number of alkyl halides is 3. The van der Waals surface area contributed by atoms with Crippen LogP contribution < -0.4 is 10.5 Å². The summed E-state index contributed by atoms with van der Waals surface area (Å²) in [6, 6.07) is 14.1. The summed E-state index contributed by atoms with van der Waals surface area (Å²) in [5, 5.41) is 12.8. The molecule has 0 saturated heterocycles. The summed E-state index contributed by atoms with van der Waals surface area (Å²) in [7, 11) is 1.99. The van der Waals surface area contributed by atoms with Crippen molar-refractivity contribution in [2.24, 2.45) is 17.9 Å². The molecule has 4 rings (SSSR count). The van der Waals surface area contributed by atoms with Gasteiger partial charge in [0.05, 0.1) is 16.8 Å². The minimum Gasteiger partial charge on any atom is -0.437 e. The molecule has 0 atom stereocenters. The van der Waals surface area contributed by atoms with E-state index >= 15 is 0 Å². The molecule has 35 heavy (non-hydrogen) atoms. The standard InChI is InChI=1S/C25H22F3N5O2/c1-16-13-21(24(31-30-16)35-20-7-3-6-19(15-20)25(26,27)28)23(29)32-34-12-4-5-17-8-9-22-18(14-17)10-11-33(22)2/h3-11,13-15H,12H2,1-2H3,(H2,29,32). The van der Waals surface area contributed by atoms with E-state index in [1.54, 1.807) is 19.1 Å². The Morgan fingerprint density at radius 1 is 1.11 bits per heavy atom. The first-order valence-corrected chi connectivity index (χ1v) is 10.6. The predicted molar refractivity (Wildman–Crippen MR) is 127 cm³/mol. The normalized spacial score (nSPS) is 12.4. The highest BCUT2D eigenvalue weighted by atomic mass is 19.4. The third kappa shape index (κ3) is 5.78. The van der Waals surface area contributed by atoms with E-state index in [4.69, 9.17) is 15.3 Å². The smallest absolute Gasteiger partial charge is 0.416 e. The number of hydrogen-bond acceptors (Lipinski definition) is 5. The van der Waals surface area contributed by atoms with Crippen LogP contribution in [0.2, 0.25) is 0 Å². The van der Waals surface area contributed by atoms with Gasteiger partial charge in [0, 0.05) is 24.1 Å². The monoisotopic (exact) mass is 481 g/mol. The first kappa shape index (κ1) is 23.8. The van der Waals surface area contributed by atoms with Crippen molar-refractivity contribution in [3.05, 3.63) is 89.3 Å². The SMILES string of the molecule is Cc1cc(C(N)=NOCC=Cc2ccc3c(ccn3C)c2)c(Oc2cccc(C(F)(F)F)c2)nn1. The molecule has 0 bridgehead atoms. The lowest BCUT2D eigenvalue weighted by Gasteiger charge is -2.11. The van der Waals surface area contributed by atoms with Gasteiger partial charge in [-0.15, -0.1) is 5.10 Å². The highest BCUT2D eigenvalue weighted by molar-refractivity contribution is 5.99. The zero-order chi connectivity index (χ0) is 25.0. The molecular formula is C25H22F3N5O2. The van der Waals surface area contributed by atoms with Crippen molar-refractivity contribution in [1.82, 2.24) is 14.8 Å². The maximum absolute atomic E-state index is 13.0. The quantitative estimate of drug-likeness (QED) is 0.164. The van der Waals surface area contributed by atoms with Gasteiger partial charge in [-0.2, -0.15) is 18.3 Å². The number of ether oxygens (including phenoxy) is 1. The summed E-state index contributed by atoms with van der Waals surface area (Å²) in [6.07, 6.45) is 1.19. The van der Waals surface area contributed by atoms with E-state index < -0.39 is 11.7 Å². The number of aryl methyl sites for hydroxylation is 2. The Balaban J connectivity index is 1.44. The second-order valence-electron chi connectivity index (χ2n) is 7.75. The van der Waals surface area contributed by atoms with E-state index in [9.17, 15) is 13.2 Å². The number of rotatable bonds is 7. The summed E-state index contributed by atoms with van der Waals surface area (Å²) < 4.78 is 46.6. The van der Waals surface area contributed by atoms with Gasteiger partial charge in [0.1, 0.15) is 12.4 Å². The lowest BCUT2D eigenvalue weighted by atomic mass is 10.1. The van der Waals surface area contributed by atoms with Crippen LogP contribution in [0.15, 0.2) is 72.0 Å². The van der Waals surface area contributed by atoms with E-state index in [0.717, 1.165) is 28.6 Å². The number of aromatic nitrogens is 3. The molecule has 4 aromatic rings. The Morgan fingerprint density at radius 3 is 2.74 bits per heavy atom. The van der Waals surface area contributed by atoms with Gasteiger partial charge in [-0.1, -0.05) is 23.4 Å². The summed E-state index contributed by atoms with van der Waals surface area (Å²) >= 11 is 0. The van der Waals surface area contributed by atoms with Crippen molar-refractivity contribution < 1.29 is 22.7 Å². The Morgan fingerprint density at radius 2 is 1.94 bits per heavy atom. The molecule has 2 aromatic carbocycles. The topological polar surface area (TPSA) is 87.5 Å². The average Bonchev–Trinajstić information content (AvgIpc) is 3.19. The van der Waals surface area contributed by atoms with Gasteiger partial charge < -0.3 is 19.9 Å². The van der Waals surface area contributed by atoms with E-state index in [2.05, 4.69) is 21.4 Å². The number of benzene rings is 2. The molecule has 2 aromatic heterocycles. The lowest BCUT2D eigenvalue weighted by molar-refractivity contribution is -0.137. The van der Waals surface area contributed by atoms with E-state index in [1.807, 2.05) is 42.1 Å². The van der Waals surface area contributed by atoms with Gasteiger partial charge in [-0.25, -0.2) is 0 Å². The van der Waals surface area contributed by atoms with Crippen LogP contribution in [0, 0.1) is 6.92 Å². The molecule has 0 radical (unpaired) electrons. The minimum absolute atomic E-state index is 0.0518. The van der Waals surface area contributed by atoms with Crippen molar-refractivity contribution in [3.8, 4) is 11.6 Å². The van der Waals surface area contributed by atoms with E-state index in [-0.39, 0.29) is 29.6 Å². The van der Waals surface area contributed by atoms with Gasteiger partial charge in [0.15, 0.2) is 5.84 Å². The Kier molecular flexibility index (Phi) is 6.72. The average molecular weight is 481 g/mol. The zero-order valence-corrected chi connectivity index (χ0v) is 19.0. The molecule has 180 valence electrons. The van der Waals surface area contributed by atoms with Crippen molar-refractivity contribution in [3.63, 3.8) is 0 Å². The van der Waals surface area contributed by atoms with Crippen LogP contribution in [-0.4, -0.2) is 27.2 Å². The first-order valence-electron chi connectivity index (χ1n) is 10.6. The number of hydrogen-bond donors (Lipinski definition) is 1. The predicted octanol–water partition coefficient (Wildman–Crippen LogP) is 5.44. The molecule has 2 N–H and O–H groups in total. The number of amidine groups is 1. The third-order valence-corrected chi connectivity index (χ3v) is 5.09. The zero-order valence-electron chi connectivity index (χ0n) is 19.0. The summed E-state index contributed by atoms with van der Waals surface area (Å²) in [5.74, 6) is -0.207. The first-order chi connectivity index (χ1) is 16.7. The van der Waals surface area contributed by atoms with Gasteiger partial charge in [0.25, 0.3) is 0 Å². The lowest BCUT2D eigenvalue weighted by Crippen LogP contribution is -2.16. The molecule has 0 aliphatic rings. The van der Waals surface area contributed by atoms with Gasteiger partial charge >= 0.3 is 6.18 Å². The van der Waals surface area contributed by atoms with Crippen LogP contribution in [0.3, 0.4) is 0 Å². The van der Waals surface area contributed by atoms with Crippen LogP contribution >= 0.6 is 0 Å². The second-order valence-corrected chi connectivity index (χ2v) is 7.75. The molecule has 2 heterocycles. The van der Waals surface area contributed by atoms with Gasteiger partial charge in [-0.3, -0.25) is 0 Å². The number of nitrogens with two attached hydrogens (primary N) is 1. The fraction of sp³-hybridized carbons (Fsp3) is 0.160. The molecule has 0 amide bonds. The van der Waals surface area contributed by atoms with Crippen LogP contribution in [0.5, 0.6) is 11.6 Å². The maximum atomic E-state index is 13.0.